The molecule has 0 unspecified atom stereocenters. The number of nitrogens with one attached hydrogen (secondary N) is 1. The minimum Gasteiger partial charge on any atom is -0.465 e. The molecule has 0 saturated heterocycles. The fourth-order valence-corrected chi connectivity index (χ4v) is 2.75. The Morgan fingerprint density at radius 2 is 1.89 bits per heavy atom. The van der Waals surface area contributed by atoms with E-state index >= 15 is 0 Å². The molecule has 0 spiro atoms. The average molecular weight is 429 g/mol. The van der Waals surface area contributed by atoms with Crippen LogP contribution >= 0.6 is 15.9 Å². The molecule has 0 aliphatic carbocycles. The van der Waals surface area contributed by atoms with E-state index in [1.54, 1.807) is 30.5 Å². The van der Waals surface area contributed by atoms with Crippen molar-refractivity contribution in [3.63, 3.8) is 0 Å². The van der Waals surface area contributed by atoms with Crippen LogP contribution in [0.4, 0.5) is 5.69 Å². The molecule has 1 heterocycles. The summed E-state index contributed by atoms with van der Waals surface area (Å²) in [5, 5.41) is 2.73. The van der Waals surface area contributed by atoms with Crippen molar-refractivity contribution in [2.24, 2.45) is 0 Å². The lowest BCUT2D eigenvalue weighted by Crippen LogP contribution is -2.15. The van der Waals surface area contributed by atoms with Crippen LogP contribution in [0.1, 0.15) is 22.7 Å². The van der Waals surface area contributed by atoms with Gasteiger partial charge in [-0.05, 0) is 24.3 Å². The second kappa shape index (κ2) is 8.64. The zero-order valence-corrected chi connectivity index (χ0v) is 16.2. The van der Waals surface area contributed by atoms with E-state index in [2.05, 4.69) is 26.2 Å². The van der Waals surface area contributed by atoms with Crippen LogP contribution in [0.15, 0.2) is 63.6 Å². The number of benzene rings is 2. The predicted octanol–water partition coefficient (Wildman–Crippen LogP) is 4.46. The third-order valence-corrected chi connectivity index (χ3v) is 4.38. The van der Waals surface area contributed by atoms with Crippen LogP contribution in [0.2, 0.25) is 0 Å². The molecule has 2 aromatic carbocycles. The number of amides is 1. The van der Waals surface area contributed by atoms with Gasteiger partial charge in [0.05, 0.1) is 24.6 Å². The van der Waals surface area contributed by atoms with E-state index in [0.717, 1.165) is 10.0 Å². The highest BCUT2D eigenvalue weighted by molar-refractivity contribution is 9.10. The number of para-hydroxylation sites is 1. The standard InChI is InChI=1S/C20H17BrN2O4/c1-26-20(25)15-4-2-3-5-16(15)23-18(24)10-11-19-22-12-17(27-19)13-6-8-14(21)9-7-13/h2-9,12H,10-11H2,1H3,(H,23,24). The molecule has 3 aromatic rings. The summed E-state index contributed by atoms with van der Waals surface area (Å²) in [5.41, 5.74) is 1.63. The molecule has 0 fully saturated rings. The number of aryl methyl sites for hydroxylation is 1. The lowest BCUT2D eigenvalue weighted by atomic mass is 10.1. The van der Waals surface area contributed by atoms with Crippen LogP contribution < -0.4 is 5.32 Å². The second-order valence-electron chi connectivity index (χ2n) is 5.71. The number of nitrogens with zero attached hydrogens (tertiary/aromatic N) is 1. The van der Waals surface area contributed by atoms with Gasteiger partial charge in [0.25, 0.3) is 0 Å². The minimum absolute atomic E-state index is 0.176. The van der Waals surface area contributed by atoms with Gasteiger partial charge >= 0.3 is 5.97 Å². The van der Waals surface area contributed by atoms with E-state index in [0.29, 0.717) is 29.3 Å². The topological polar surface area (TPSA) is 81.4 Å². The summed E-state index contributed by atoms with van der Waals surface area (Å²) in [5.74, 6) is 0.380. The van der Waals surface area contributed by atoms with E-state index in [1.807, 2.05) is 24.3 Å². The molecule has 27 heavy (non-hydrogen) atoms. The van der Waals surface area contributed by atoms with Crippen molar-refractivity contribution in [1.29, 1.82) is 0 Å². The van der Waals surface area contributed by atoms with Crippen molar-refractivity contribution in [2.45, 2.75) is 12.8 Å². The van der Waals surface area contributed by atoms with E-state index in [-0.39, 0.29) is 12.3 Å². The first-order valence-electron chi connectivity index (χ1n) is 8.24. The summed E-state index contributed by atoms with van der Waals surface area (Å²) in [4.78, 5) is 28.2. The van der Waals surface area contributed by atoms with Gasteiger partial charge in [-0.15, -0.1) is 0 Å². The molecule has 1 amide bonds. The quantitative estimate of drug-likeness (QED) is 0.585. The molecule has 0 bridgehead atoms. The Kier molecular flexibility index (Phi) is 6.03. The molecule has 0 aliphatic heterocycles. The Balaban J connectivity index is 1.60. The van der Waals surface area contributed by atoms with Crippen LogP contribution in [-0.2, 0) is 16.0 Å². The lowest BCUT2D eigenvalue weighted by molar-refractivity contribution is -0.116. The van der Waals surface area contributed by atoms with Gasteiger partial charge in [-0.2, -0.15) is 0 Å². The molecule has 6 nitrogen and oxygen atoms in total. The number of hydrogen-bond donors (Lipinski definition) is 1. The maximum atomic E-state index is 12.2. The summed E-state index contributed by atoms with van der Waals surface area (Å²) >= 11 is 3.39. The number of esters is 1. The molecule has 1 N–H and O–H groups in total. The SMILES string of the molecule is COC(=O)c1ccccc1NC(=O)CCc1ncc(-c2ccc(Br)cc2)o1. The highest BCUT2D eigenvalue weighted by Crippen LogP contribution is 2.23. The van der Waals surface area contributed by atoms with E-state index in [9.17, 15) is 9.59 Å². The van der Waals surface area contributed by atoms with Crippen LogP contribution in [0, 0.1) is 0 Å². The highest BCUT2D eigenvalue weighted by atomic mass is 79.9. The summed E-state index contributed by atoms with van der Waals surface area (Å²) in [7, 11) is 1.30. The van der Waals surface area contributed by atoms with Crippen molar-refractivity contribution in [2.75, 3.05) is 12.4 Å². The van der Waals surface area contributed by atoms with Gasteiger partial charge in [0.1, 0.15) is 0 Å². The van der Waals surface area contributed by atoms with Gasteiger partial charge in [-0.25, -0.2) is 9.78 Å². The Morgan fingerprint density at radius 1 is 1.15 bits per heavy atom. The molecular weight excluding hydrogens is 412 g/mol. The molecular formula is C20H17BrN2O4. The van der Waals surface area contributed by atoms with E-state index in [1.165, 1.54) is 7.11 Å². The number of rotatable bonds is 6. The van der Waals surface area contributed by atoms with Crippen molar-refractivity contribution in [1.82, 2.24) is 4.98 Å². The van der Waals surface area contributed by atoms with Gasteiger partial charge in [0.15, 0.2) is 11.7 Å². The summed E-state index contributed by atoms with van der Waals surface area (Å²) in [6, 6.07) is 14.4. The van der Waals surface area contributed by atoms with E-state index in [4.69, 9.17) is 9.15 Å². The number of carbonyl (C=O) groups is 2. The molecule has 138 valence electrons. The summed E-state index contributed by atoms with van der Waals surface area (Å²) in [6.07, 6.45) is 2.17. The van der Waals surface area contributed by atoms with Gasteiger partial charge in [-0.1, -0.05) is 40.2 Å². The number of oxazole rings is 1. The molecule has 3 rings (SSSR count). The first kappa shape index (κ1) is 18.8. The monoisotopic (exact) mass is 428 g/mol. The largest absolute Gasteiger partial charge is 0.465 e. The van der Waals surface area contributed by atoms with Crippen molar-refractivity contribution < 1.29 is 18.7 Å². The Hall–Kier alpha value is -2.93. The van der Waals surface area contributed by atoms with Gasteiger partial charge < -0.3 is 14.5 Å². The number of aromatic nitrogens is 1. The van der Waals surface area contributed by atoms with Gasteiger partial charge in [-0.3, -0.25) is 4.79 Å². The third-order valence-electron chi connectivity index (χ3n) is 3.85. The van der Waals surface area contributed by atoms with Crippen LogP contribution in [0.3, 0.4) is 0 Å². The Morgan fingerprint density at radius 3 is 2.63 bits per heavy atom. The first-order chi connectivity index (χ1) is 13.1. The van der Waals surface area contributed by atoms with Crippen LogP contribution in [-0.4, -0.2) is 24.0 Å². The summed E-state index contributed by atoms with van der Waals surface area (Å²) < 4.78 is 11.4. The number of halogens is 1. The number of anilines is 1. The average Bonchev–Trinajstić information content (AvgIpc) is 3.16. The van der Waals surface area contributed by atoms with Gasteiger partial charge in [0.2, 0.25) is 5.91 Å². The third kappa shape index (κ3) is 4.83. The molecule has 0 aliphatic rings. The molecule has 0 atom stereocenters. The number of methoxy groups -OCH3 is 1. The summed E-state index contributed by atoms with van der Waals surface area (Å²) in [6.45, 7) is 0. The smallest absolute Gasteiger partial charge is 0.339 e. The number of hydrogen-bond acceptors (Lipinski definition) is 5. The molecule has 7 heteroatoms. The minimum atomic E-state index is -0.502. The van der Waals surface area contributed by atoms with Crippen molar-refractivity contribution in [3.05, 3.63) is 70.7 Å². The maximum Gasteiger partial charge on any atom is 0.339 e. The van der Waals surface area contributed by atoms with Crippen LogP contribution in [0.5, 0.6) is 0 Å². The normalized spacial score (nSPS) is 10.4. The molecule has 0 saturated carbocycles. The Bertz CT molecular complexity index is 951. The van der Waals surface area contributed by atoms with Crippen LogP contribution in [0.25, 0.3) is 11.3 Å². The molecule has 0 radical (unpaired) electrons. The zero-order valence-electron chi connectivity index (χ0n) is 14.6. The Labute approximate surface area is 164 Å². The highest BCUT2D eigenvalue weighted by Gasteiger charge is 2.14. The number of carbonyl (C=O) groups excluding carboxylic acids is 2. The fourth-order valence-electron chi connectivity index (χ4n) is 2.49. The second-order valence-corrected chi connectivity index (χ2v) is 6.63. The van der Waals surface area contributed by atoms with Gasteiger partial charge in [0, 0.05) is 22.9 Å². The van der Waals surface area contributed by atoms with Crippen molar-refractivity contribution >= 4 is 33.5 Å². The van der Waals surface area contributed by atoms with E-state index < -0.39 is 5.97 Å². The lowest BCUT2D eigenvalue weighted by Gasteiger charge is -2.09. The number of ether oxygens (including phenoxy) is 1. The fraction of sp³-hybridized carbons (Fsp3) is 0.150. The van der Waals surface area contributed by atoms with Crippen molar-refractivity contribution in [3.8, 4) is 11.3 Å². The zero-order chi connectivity index (χ0) is 19.2. The maximum absolute atomic E-state index is 12.2. The first-order valence-corrected chi connectivity index (χ1v) is 9.04. The molecule has 1 aromatic heterocycles. The predicted molar refractivity (Wildman–Crippen MR) is 104 cm³/mol.